The quantitative estimate of drug-likeness (QED) is 0.943. The topological polar surface area (TPSA) is 44.3 Å². The third-order valence-electron chi connectivity index (χ3n) is 4.43. The molecule has 1 saturated heterocycles. The van der Waals surface area contributed by atoms with Crippen LogP contribution >= 0.6 is 0 Å². The molecule has 22 heavy (non-hydrogen) atoms. The van der Waals surface area contributed by atoms with E-state index in [4.69, 9.17) is 0 Å². The SMILES string of the molecule is CNc1cc(N2CCN(c3cccc(C)c3C)CC2)ncn1. The molecular formula is C17H23N5. The summed E-state index contributed by atoms with van der Waals surface area (Å²) in [6, 6.07) is 8.55. The largest absolute Gasteiger partial charge is 0.373 e. The van der Waals surface area contributed by atoms with Gasteiger partial charge in [-0.2, -0.15) is 0 Å². The second-order valence-electron chi connectivity index (χ2n) is 5.70. The summed E-state index contributed by atoms with van der Waals surface area (Å²) >= 11 is 0. The molecule has 1 aliphatic rings. The van der Waals surface area contributed by atoms with Crippen LogP contribution in [0.3, 0.4) is 0 Å². The van der Waals surface area contributed by atoms with E-state index in [1.54, 1.807) is 6.33 Å². The molecule has 0 saturated carbocycles. The van der Waals surface area contributed by atoms with Gasteiger partial charge >= 0.3 is 0 Å². The monoisotopic (exact) mass is 297 g/mol. The summed E-state index contributed by atoms with van der Waals surface area (Å²) in [5.74, 6) is 1.86. The van der Waals surface area contributed by atoms with Crippen molar-refractivity contribution >= 4 is 17.3 Å². The van der Waals surface area contributed by atoms with Gasteiger partial charge in [-0.3, -0.25) is 0 Å². The highest BCUT2D eigenvalue weighted by Gasteiger charge is 2.20. The van der Waals surface area contributed by atoms with Crippen LogP contribution in [0.15, 0.2) is 30.6 Å². The van der Waals surface area contributed by atoms with Crippen LogP contribution < -0.4 is 15.1 Å². The van der Waals surface area contributed by atoms with Crippen LogP contribution in [0.4, 0.5) is 17.3 Å². The number of benzene rings is 1. The van der Waals surface area contributed by atoms with Crippen molar-refractivity contribution in [3.05, 3.63) is 41.7 Å². The Morgan fingerprint density at radius 3 is 2.45 bits per heavy atom. The number of anilines is 3. The minimum absolute atomic E-state index is 0.863. The van der Waals surface area contributed by atoms with E-state index in [2.05, 4.69) is 57.1 Å². The van der Waals surface area contributed by atoms with Crippen molar-refractivity contribution < 1.29 is 0 Å². The maximum atomic E-state index is 4.40. The second-order valence-corrected chi connectivity index (χ2v) is 5.70. The number of piperazine rings is 1. The van der Waals surface area contributed by atoms with Crippen molar-refractivity contribution in [1.82, 2.24) is 9.97 Å². The molecule has 5 heteroatoms. The highest BCUT2D eigenvalue weighted by Crippen LogP contribution is 2.25. The average Bonchev–Trinajstić information content (AvgIpc) is 2.58. The smallest absolute Gasteiger partial charge is 0.134 e. The Hall–Kier alpha value is -2.30. The number of hydrogen-bond acceptors (Lipinski definition) is 5. The van der Waals surface area contributed by atoms with Crippen LogP contribution in [0, 0.1) is 13.8 Å². The van der Waals surface area contributed by atoms with E-state index in [0.717, 1.165) is 37.8 Å². The Morgan fingerprint density at radius 2 is 1.73 bits per heavy atom. The second kappa shape index (κ2) is 6.22. The van der Waals surface area contributed by atoms with Gasteiger partial charge in [0.1, 0.15) is 18.0 Å². The van der Waals surface area contributed by atoms with Gasteiger partial charge in [0.2, 0.25) is 0 Å². The fraction of sp³-hybridized carbons (Fsp3) is 0.412. The Bertz CT molecular complexity index is 647. The third kappa shape index (κ3) is 2.84. The van der Waals surface area contributed by atoms with Gasteiger partial charge < -0.3 is 15.1 Å². The predicted octanol–water partition coefficient (Wildman–Crippen LogP) is 2.46. The van der Waals surface area contributed by atoms with E-state index < -0.39 is 0 Å². The molecule has 1 aromatic carbocycles. The first-order chi connectivity index (χ1) is 10.7. The van der Waals surface area contributed by atoms with Gasteiger partial charge in [-0.1, -0.05) is 12.1 Å². The van der Waals surface area contributed by atoms with Crippen LogP contribution in [-0.2, 0) is 0 Å². The van der Waals surface area contributed by atoms with Gasteiger partial charge in [0.05, 0.1) is 0 Å². The van der Waals surface area contributed by atoms with Gasteiger partial charge in [-0.25, -0.2) is 9.97 Å². The number of aromatic nitrogens is 2. The van der Waals surface area contributed by atoms with Crippen molar-refractivity contribution in [2.45, 2.75) is 13.8 Å². The molecule has 1 N–H and O–H groups in total. The Morgan fingerprint density at radius 1 is 1.00 bits per heavy atom. The standard InChI is InChI=1S/C17H23N5/c1-13-5-4-6-15(14(13)2)21-7-9-22(10-8-21)17-11-16(18-3)19-12-20-17/h4-6,11-12H,7-10H2,1-3H3,(H,18,19,20). The number of rotatable bonds is 3. The zero-order valence-corrected chi connectivity index (χ0v) is 13.5. The first-order valence-corrected chi connectivity index (χ1v) is 7.75. The van der Waals surface area contributed by atoms with Crippen molar-refractivity contribution in [3.63, 3.8) is 0 Å². The van der Waals surface area contributed by atoms with Crippen LogP contribution in [0.25, 0.3) is 0 Å². The minimum atomic E-state index is 0.863. The van der Waals surface area contributed by atoms with Crippen LogP contribution in [-0.4, -0.2) is 43.2 Å². The van der Waals surface area contributed by atoms with E-state index in [9.17, 15) is 0 Å². The van der Waals surface area contributed by atoms with Crippen LogP contribution in [0.5, 0.6) is 0 Å². The number of nitrogens with one attached hydrogen (secondary N) is 1. The minimum Gasteiger partial charge on any atom is -0.373 e. The predicted molar refractivity (Wildman–Crippen MR) is 91.9 cm³/mol. The van der Waals surface area contributed by atoms with Crippen molar-refractivity contribution in [2.75, 3.05) is 48.3 Å². The van der Waals surface area contributed by atoms with Gasteiger partial charge in [0.15, 0.2) is 0 Å². The molecule has 0 unspecified atom stereocenters. The lowest BCUT2D eigenvalue weighted by Gasteiger charge is -2.37. The van der Waals surface area contributed by atoms with Gasteiger partial charge in [0, 0.05) is 45.0 Å². The molecule has 5 nitrogen and oxygen atoms in total. The molecule has 0 radical (unpaired) electrons. The van der Waals surface area contributed by atoms with Gasteiger partial charge in [-0.15, -0.1) is 0 Å². The zero-order valence-electron chi connectivity index (χ0n) is 13.5. The molecule has 1 aromatic heterocycles. The number of aryl methyl sites for hydroxylation is 1. The van der Waals surface area contributed by atoms with Crippen molar-refractivity contribution in [1.29, 1.82) is 0 Å². The maximum absolute atomic E-state index is 4.40. The van der Waals surface area contributed by atoms with E-state index >= 15 is 0 Å². The number of nitrogens with zero attached hydrogens (tertiary/aromatic N) is 4. The van der Waals surface area contributed by atoms with Crippen LogP contribution in [0.1, 0.15) is 11.1 Å². The molecule has 0 aliphatic carbocycles. The molecule has 0 spiro atoms. The van der Waals surface area contributed by atoms with Gasteiger partial charge in [-0.05, 0) is 31.0 Å². The third-order valence-corrected chi connectivity index (χ3v) is 4.43. The normalized spacial score (nSPS) is 15.0. The average molecular weight is 297 g/mol. The van der Waals surface area contributed by atoms with E-state index in [1.165, 1.54) is 16.8 Å². The summed E-state index contributed by atoms with van der Waals surface area (Å²) in [6.07, 6.45) is 1.62. The summed E-state index contributed by atoms with van der Waals surface area (Å²) in [5.41, 5.74) is 4.10. The highest BCUT2D eigenvalue weighted by molar-refractivity contribution is 5.57. The molecule has 0 atom stereocenters. The zero-order chi connectivity index (χ0) is 15.5. The van der Waals surface area contributed by atoms with E-state index in [1.807, 2.05) is 13.1 Å². The molecule has 2 heterocycles. The maximum Gasteiger partial charge on any atom is 0.134 e. The summed E-state index contributed by atoms with van der Waals surface area (Å²) in [4.78, 5) is 13.4. The van der Waals surface area contributed by atoms with Gasteiger partial charge in [0.25, 0.3) is 0 Å². The first kappa shape index (κ1) is 14.6. The van der Waals surface area contributed by atoms with Crippen LogP contribution in [0.2, 0.25) is 0 Å². The van der Waals surface area contributed by atoms with E-state index in [0.29, 0.717) is 0 Å². The molecule has 0 amide bonds. The summed E-state index contributed by atoms with van der Waals surface area (Å²) in [5, 5.41) is 3.07. The lowest BCUT2D eigenvalue weighted by molar-refractivity contribution is 0.645. The molecule has 2 aromatic rings. The molecular weight excluding hydrogens is 274 g/mol. The van der Waals surface area contributed by atoms with Crippen molar-refractivity contribution in [2.24, 2.45) is 0 Å². The Kier molecular flexibility index (Phi) is 4.13. The lowest BCUT2D eigenvalue weighted by atomic mass is 10.1. The molecule has 1 aliphatic heterocycles. The lowest BCUT2D eigenvalue weighted by Crippen LogP contribution is -2.47. The molecule has 116 valence electrons. The Balaban J connectivity index is 1.71. The highest BCUT2D eigenvalue weighted by atomic mass is 15.3. The molecule has 1 fully saturated rings. The summed E-state index contributed by atoms with van der Waals surface area (Å²) in [7, 11) is 1.88. The Labute approximate surface area is 132 Å². The summed E-state index contributed by atoms with van der Waals surface area (Å²) in [6.45, 7) is 8.38. The number of hydrogen-bond donors (Lipinski definition) is 1. The molecule has 3 rings (SSSR count). The van der Waals surface area contributed by atoms with E-state index in [-0.39, 0.29) is 0 Å². The first-order valence-electron chi connectivity index (χ1n) is 7.75. The van der Waals surface area contributed by atoms with Crippen molar-refractivity contribution in [3.8, 4) is 0 Å². The fourth-order valence-corrected chi connectivity index (χ4v) is 2.91. The fourth-order valence-electron chi connectivity index (χ4n) is 2.91. The summed E-state index contributed by atoms with van der Waals surface area (Å²) < 4.78 is 0. The molecule has 0 bridgehead atoms.